The Kier molecular flexibility index (Phi) is 7.55. The minimum absolute atomic E-state index is 0.0547. The van der Waals surface area contributed by atoms with E-state index in [1.807, 2.05) is 6.92 Å². The van der Waals surface area contributed by atoms with Gasteiger partial charge in [-0.25, -0.2) is 16.8 Å². The molecular formula is C21H26O5S2. The second-order valence-electron chi connectivity index (χ2n) is 6.75. The number of hydrogen-bond acceptors (Lipinski definition) is 5. The first-order valence-corrected chi connectivity index (χ1v) is 12.4. The molecule has 152 valence electrons. The second kappa shape index (κ2) is 9.47. The Labute approximate surface area is 167 Å². The van der Waals surface area contributed by atoms with Crippen LogP contribution in [0.3, 0.4) is 0 Å². The number of carbonyl (C=O) groups is 1. The lowest BCUT2D eigenvalue weighted by atomic mass is 9.99. The molecule has 0 aliphatic carbocycles. The molecule has 0 amide bonds. The molecule has 2 aromatic rings. The van der Waals surface area contributed by atoms with Crippen molar-refractivity contribution >= 4 is 25.5 Å². The summed E-state index contributed by atoms with van der Waals surface area (Å²) in [5, 5.41) is 0. The van der Waals surface area contributed by atoms with Gasteiger partial charge in [0.2, 0.25) is 0 Å². The molecule has 0 heterocycles. The molecule has 2 rings (SSSR count). The highest BCUT2D eigenvalue weighted by atomic mass is 32.3. The van der Waals surface area contributed by atoms with Gasteiger partial charge >= 0.3 is 0 Å². The first-order valence-electron chi connectivity index (χ1n) is 9.34. The molecule has 0 fully saturated rings. The smallest absolute Gasteiger partial charge is 0.196 e. The van der Waals surface area contributed by atoms with E-state index in [4.69, 9.17) is 0 Å². The highest BCUT2D eigenvalue weighted by molar-refractivity contribution is 8.09. The molecule has 0 aliphatic rings. The first-order chi connectivity index (χ1) is 13.2. The van der Waals surface area contributed by atoms with Crippen molar-refractivity contribution in [1.29, 1.82) is 0 Å². The molecule has 0 spiro atoms. The fraction of sp³-hybridized carbons (Fsp3) is 0.381. The van der Waals surface area contributed by atoms with Crippen molar-refractivity contribution in [3.8, 4) is 0 Å². The lowest BCUT2D eigenvalue weighted by molar-refractivity contribution is -0.119. The molecule has 1 atom stereocenters. The highest BCUT2D eigenvalue weighted by Gasteiger charge is 2.45. The predicted molar refractivity (Wildman–Crippen MR) is 109 cm³/mol. The van der Waals surface area contributed by atoms with Crippen LogP contribution in [0.5, 0.6) is 0 Å². The van der Waals surface area contributed by atoms with E-state index in [1.165, 1.54) is 24.3 Å². The lowest BCUT2D eigenvalue weighted by Gasteiger charge is -2.26. The number of Topliss-reactive ketones (excluding diaryl/α,β-unsaturated/α-hetero) is 1. The summed E-state index contributed by atoms with van der Waals surface area (Å²) >= 11 is 0. The number of ketones is 1. The molecule has 0 saturated carbocycles. The number of hydrogen-bond donors (Lipinski definition) is 0. The van der Waals surface area contributed by atoms with E-state index in [1.54, 1.807) is 43.3 Å². The van der Waals surface area contributed by atoms with E-state index in [-0.39, 0.29) is 28.4 Å². The van der Waals surface area contributed by atoms with Crippen LogP contribution in [0, 0.1) is 5.92 Å². The third kappa shape index (κ3) is 4.89. The van der Waals surface area contributed by atoms with Gasteiger partial charge in [-0.1, -0.05) is 56.7 Å². The Bertz CT molecular complexity index is 912. The number of carbonyl (C=O) groups excluding carboxylic acids is 1. The van der Waals surface area contributed by atoms with Gasteiger partial charge in [-0.2, -0.15) is 0 Å². The van der Waals surface area contributed by atoms with Crippen molar-refractivity contribution in [2.24, 2.45) is 5.92 Å². The van der Waals surface area contributed by atoms with Gasteiger partial charge in [-0.3, -0.25) is 4.79 Å². The van der Waals surface area contributed by atoms with Crippen LogP contribution in [0.2, 0.25) is 0 Å². The Morgan fingerprint density at radius 1 is 0.786 bits per heavy atom. The number of rotatable bonds is 10. The summed E-state index contributed by atoms with van der Waals surface area (Å²) < 4.78 is 51.9. The van der Waals surface area contributed by atoms with Gasteiger partial charge < -0.3 is 0 Å². The molecule has 0 aromatic heterocycles. The van der Waals surface area contributed by atoms with E-state index in [9.17, 15) is 21.6 Å². The quantitative estimate of drug-likeness (QED) is 0.577. The van der Waals surface area contributed by atoms with Gasteiger partial charge in [-0.05, 0) is 36.6 Å². The Morgan fingerprint density at radius 3 is 1.57 bits per heavy atom. The molecule has 2 aromatic carbocycles. The van der Waals surface area contributed by atoms with Crippen LogP contribution in [0.4, 0.5) is 0 Å². The van der Waals surface area contributed by atoms with E-state index < -0.39 is 30.2 Å². The summed E-state index contributed by atoms with van der Waals surface area (Å²) in [5.41, 5.74) is 0. The maximum atomic E-state index is 13.4. The zero-order valence-corrected chi connectivity index (χ0v) is 17.7. The first kappa shape index (κ1) is 22.3. The largest absolute Gasteiger partial charge is 0.300 e. The van der Waals surface area contributed by atoms with Crippen molar-refractivity contribution in [2.45, 2.75) is 53.9 Å². The van der Waals surface area contributed by atoms with Gasteiger partial charge in [0, 0.05) is 12.8 Å². The molecule has 0 unspecified atom stereocenters. The van der Waals surface area contributed by atoms with Crippen molar-refractivity contribution in [3.05, 3.63) is 60.7 Å². The summed E-state index contributed by atoms with van der Waals surface area (Å²) in [6.07, 6.45) is 1.13. The normalized spacial score (nSPS) is 13.4. The lowest BCUT2D eigenvalue weighted by Crippen LogP contribution is -2.38. The summed E-state index contributed by atoms with van der Waals surface area (Å²) in [4.78, 5) is 12.1. The second-order valence-corrected chi connectivity index (χ2v) is 11.2. The third-order valence-corrected chi connectivity index (χ3v) is 10.1. The van der Waals surface area contributed by atoms with Crippen molar-refractivity contribution in [2.75, 3.05) is 0 Å². The van der Waals surface area contributed by atoms with Crippen molar-refractivity contribution < 1.29 is 21.6 Å². The van der Waals surface area contributed by atoms with Gasteiger partial charge in [0.15, 0.2) is 24.3 Å². The monoisotopic (exact) mass is 422 g/mol. The van der Waals surface area contributed by atoms with E-state index >= 15 is 0 Å². The minimum Gasteiger partial charge on any atom is -0.300 e. The predicted octanol–water partition coefficient (Wildman–Crippen LogP) is 4.05. The van der Waals surface area contributed by atoms with E-state index in [2.05, 4.69) is 0 Å². The topological polar surface area (TPSA) is 85.3 Å². The zero-order chi connectivity index (χ0) is 20.8. The molecule has 0 bridgehead atoms. The highest BCUT2D eigenvalue weighted by Crippen LogP contribution is 2.34. The van der Waals surface area contributed by atoms with Crippen LogP contribution in [0.25, 0.3) is 0 Å². The van der Waals surface area contributed by atoms with E-state index in [0.717, 1.165) is 0 Å². The SMILES string of the molecule is CCCC(=O)C[C@@H](CC)C(S(=O)(=O)c1ccccc1)S(=O)(=O)c1ccccc1. The molecular weight excluding hydrogens is 396 g/mol. The Balaban J connectivity index is 2.63. The van der Waals surface area contributed by atoms with Gasteiger partial charge in [0.05, 0.1) is 9.79 Å². The molecule has 7 heteroatoms. The Hall–Kier alpha value is -1.99. The summed E-state index contributed by atoms with van der Waals surface area (Å²) in [6, 6.07) is 15.1. The van der Waals surface area contributed by atoms with Crippen LogP contribution < -0.4 is 0 Å². The van der Waals surface area contributed by atoms with Crippen LogP contribution >= 0.6 is 0 Å². The maximum absolute atomic E-state index is 13.4. The molecule has 28 heavy (non-hydrogen) atoms. The average molecular weight is 423 g/mol. The van der Waals surface area contributed by atoms with Crippen LogP contribution in [-0.4, -0.2) is 27.2 Å². The Morgan fingerprint density at radius 2 is 1.21 bits per heavy atom. The zero-order valence-electron chi connectivity index (χ0n) is 16.1. The summed E-state index contributed by atoms with van der Waals surface area (Å²) in [7, 11) is -8.44. The van der Waals surface area contributed by atoms with Gasteiger partial charge in [0.25, 0.3) is 0 Å². The summed E-state index contributed by atoms with van der Waals surface area (Å²) in [5.74, 6) is -0.944. The van der Waals surface area contributed by atoms with Crippen LogP contribution in [-0.2, 0) is 24.5 Å². The van der Waals surface area contributed by atoms with Crippen molar-refractivity contribution in [3.63, 3.8) is 0 Å². The molecule has 0 radical (unpaired) electrons. The van der Waals surface area contributed by atoms with Gasteiger partial charge in [-0.15, -0.1) is 0 Å². The van der Waals surface area contributed by atoms with E-state index in [0.29, 0.717) is 12.8 Å². The fourth-order valence-corrected chi connectivity index (χ4v) is 8.47. The van der Waals surface area contributed by atoms with Crippen LogP contribution in [0.15, 0.2) is 70.5 Å². The standard InChI is InChI=1S/C21H26O5S2/c1-3-11-18(22)16-17(4-2)21(27(23,24)19-12-7-5-8-13-19)28(25,26)20-14-9-6-10-15-20/h5-10,12-15,17,21H,3-4,11,16H2,1-2H3/t17-/m1/s1. The molecule has 5 nitrogen and oxygen atoms in total. The fourth-order valence-electron chi connectivity index (χ4n) is 3.27. The van der Waals surface area contributed by atoms with Crippen molar-refractivity contribution in [1.82, 2.24) is 0 Å². The molecule has 0 aliphatic heterocycles. The van der Waals surface area contributed by atoms with Crippen LogP contribution in [0.1, 0.15) is 39.5 Å². The summed E-state index contributed by atoms with van der Waals surface area (Å²) in [6.45, 7) is 3.58. The van der Waals surface area contributed by atoms with Gasteiger partial charge in [0.1, 0.15) is 5.78 Å². The maximum Gasteiger partial charge on any atom is 0.196 e. The number of benzene rings is 2. The third-order valence-electron chi connectivity index (χ3n) is 4.68. The average Bonchev–Trinajstić information content (AvgIpc) is 2.68. The number of sulfone groups is 2. The minimum atomic E-state index is -4.22. The molecule has 0 N–H and O–H groups in total. The molecule has 0 saturated heterocycles.